The van der Waals surface area contributed by atoms with Gasteiger partial charge in [-0.05, 0) is 44.2 Å². The van der Waals surface area contributed by atoms with Crippen molar-refractivity contribution in [3.05, 3.63) is 41.6 Å². The van der Waals surface area contributed by atoms with Crippen LogP contribution in [-0.2, 0) is 4.79 Å². The SMILES string of the molecule is C[C@H](C1CC1)N1CC[C@@H](NC(=O)c2cc(-c3ccc(F)cc3F)on2)[C@H](C(=O)N(C)C)C1. The molecule has 0 unspecified atom stereocenters. The maximum absolute atomic E-state index is 14.0. The summed E-state index contributed by atoms with van der Waals surface area (Å²) in [6, 6.07) is 4.48. The van der Waals surface area contributed by atoms with Crippen LogP contribution in [0.1, 0.15) is 36.7 Å². The molecule has 2 aromatic rings. The molecule has 2 aliphatic rings. The maximum Gasteiger partial charge on any atom is 0.273 e. The van der Waals surface area contributed by atoms with E-state index in [1.165, 1.54) is 25.0 Å². The van der Waals surface area contributed by atoms with Crippen LogP contribution in [0.5, 0.6) is 0 Å². The van der Waals surface area contributed by atoms with Crippen LogP contribution in [0, 0.1) is 23.5 Å². The van der Waals surface area contributed by atoms with Crippen molar-refractivity contribution in [3.63, 3.8) is 0 Å². The Balaban J connectivity index is 1.47. The highest BCUT2D eigenvalue weighted by molar-refractivity contribution is 5.94. The van der Waals surface area contributed by atoms with Crippen molar-refractivity contribution in [1.29, 1.82) is 0 Å². The predicted molar refractivity (Wildman–Crippen MR) is 114 cm³/mol. The van der Waals surface area contributed by atoms with E-state index in [9.17, 15) is 18.4 Å². The second-order valence-electron chi connectivity index (χ2n) is 8.98. The Morgan fingerprint density at radius 2 is 1.97 bits per heavy atom. The summed E-state index contributed by atoms with van der Waals surface area (Å²) in [5, 5.41) is 6.67. The van der Waals surface area contributed by atoms with Crippen LogP contribution in [0.4, 0.5) is 8.78 Å². The first kappa shape index (κ1) is 22.4. The minimum atomic E-state index is -0.804. The number of amides is 2. The van der Waals surface area contributed by atoms with E-state index in [4.69, 9.17) is 4.52 Å². The van der Waals surface area contributed by atoms with E-state index in [0.717, 1.165) is 18.7 Å². The van der Waals surface area contributed by atoms with Crippen molar-refractivity contribution < 1.29 is 22.9 Å². The number of rotatable bonds is 6. The standard InChI is InChI=1S/C23H28F2N4O3/c1-13(14-4-5-14)29-9-8-19(17(12-29)23(31)28(2)3)26-22(30)20-11-21(32-27-20)16-7-6-15(24)10-18(16)25/h6-7,10-11,13-14,17,19H,4-5,8-9,12H2,1-3H3,(H,26,30)/t13-,17-,19-/m1/s1. The van der Waals surface area contributed by atoms with E-state index in [-0.39, 0.29) is 34.9 Å². The minimum absolute atomic E-state index is 0.0148. The summed E-state index contributed by atoms with van der Waals surface area (Å²) in [5.74, 6) is -1.68. The molecule has 1 saturated heterocycles. The summed E-state index contributed by atoms with van der Waals surface area (Å²) >= 11 is 0. The minimum Gasteiger partial charge on any atom is -0.355 e. The molecule has 0 radical (unpaired) electrons. The first-order valence-electron chi connectivity index (χ1n) is 10.9. The number of nitrogens with zero attached hydrogens (tertiary/aromatic N) is 3. The average molecular weight is 446 g/mol. The summed E-state index contributed by atoms with van der Waals surface area (Å²) in [6.45, 7) is 3.59. The molecule has 1 aromatic carbocycles. The van der Waals surface area contributed by atoms with Crippen molar-refractivity contribution in [2.45, 2.75) is 38.3 Å². The highest BCUT2D eigenvalue weighted by Crippen LogP contribution is 2.36. The normalized spacial score (nSPS) is 22.4. The van der Waals surface area contributed by atoms with Crippen molar-refractivity contribution in [1.82, 2.24) is 20.3 Å². The molecule has 2 fully saturated rings. The lowest BCUT2D eigenvalue weighted by Crippen LogP contribution is -2.57. The maximum atomic E-state index is 14.0. The highest BCUT2D eigenvalue weighted by atomic mass is 19.1. The first-order valence-corrected chi connectivity index (χ1v) is 10.9. The molecular weight excluding hydrogens is 418 g/mol. The van der Waals surface area contributed by atoms with Gasteiger partial charge in [0, 0.05) is 51.4 Å². The molecular formula is C23H28F2N4O3. The van der Waals surface area contributed by atoms with Gasteiger partial charge in [-0.25, -0.2) is 8.78 Å². The molecule has 3 atom stereocenters. The third kappa shape index (κ3) is 4.67. The van der Waals surface area contributed by atoms with E-state index in [2.05, 4.69) is 22.3 Å². The van der Waals surface area contributed by atoms with Crippen LogP contribution in [0.2, 0.25) is 0 Å². The fourth-order valence-corrected chi connectivity index (χ4v) is 4.42. The van der Waals surface area contributed by atoms with Crippen molar-refractivity contribution in [3.8, 4) is 11.3 Å². The molecule has 7 nitrogen and oxygen atoms in total. The second kappa shape index (κ2) is 8.97. The molecule has 1 aliphatic heterocycles. The van der Waals surface area contributed by atoms with Gasteiger partial charge in [0.15, 0.2) is 11.5 Å². The lowest BCUT2D eigenvalue weighted by atomic mass is 9.89. The Labute approximate surface area is 185 Å². The van der Waals surface area contributed by atoms with Crippen molar-refractivity contribution in [2.75, 3.05) is 27.2 Å². The van der Waals surface area contributed by atoms with Crippen molar-refractivity contribution in [2.24, 2.45) is 11.8 Å². The molecule has 9 heteroatoms. The number of hydrogen-bond acceptors (Lipinski definition) is 5. The van der Waals surface area contributed by atoms with E-state index in [1.807, 2.05) is 0 Å². The highest BCUT2D eigenvalue weighted by Gasteiger charge is 2.41. The monoisotopic (exact) mass is 446 g/mol. The number of piperidine rings is 1. The van der Waals surface area contributed by atoms with Crippen LogP contribution in [0.15, 0.2) is 28.8 Å². The summed E-state index contributed by atoms with van der Waals surface area (Å²) < 4.78 is 32.3. The smallest absolute Gasteiger partial charge is 0.273 e. The van der Waals surface area contributed by atoms with Gasteiger partial charge in [0.05, 0.1) is 11.5 Å². The Kier molecular flexibility index (Phi) is 6.28. The quantitative estimate of drug-likeness (QED) is 0.738. The molecule has 1 saturated carbocycles. The number of nitrogens with one attached hydrogen (secondary N) is 1. The number of hydrogen-bond donors (Lipinski definition) is 1. The van der Waals surface area contributed by atoms with Crippen molar-refractivity contribution >= 4 is 11.8 Å². The fraction of sp³-hybridized carbons (Fsp3) is 0.522. The van der Waals surface area contributed by atoms with Crippen LogP contribution in [-0.4, -0.2) is 66.0 Å². The zero-order valence-electron chi connectivity index (χ0n) is 18.5. The van der Waals surface area contributed by atoms with E-state index in [1.54, 1.807) is 19.0 Å². The molecule has 2 heterocycles. The van der Waals surface area contributed by atoms with E-state index in [0.29, 0.717) is 24.9 Å². The summed E-state index contributed by atoms with van der Waals surface area (Å²) in [7, 11) is 3.43. The first-order chi connectivity index (χ1) is 15.2. The molecule has 1 aromatic heterocycles. The predicted octanol–water partition coefficient (Wildman–Crippen LogP) is 2.93. The molecule has 2 amide bonds. The third-order valence-corrected chi connectivity index (χ3v) is 6.54. The summed E-state index contributed by atoms with van der Waals surface area (Å²) in [5.41, 5.74) is -0.00506. The van der Waals surface area contributed by atoms with Gasteiger partial charge in [0.2, 0.25) is 5.91 Å². The summed E-state index contributed by atoms with van der Waals surface area (Å²) in [4.78, 5) is 29.6. The molecule has 172 valence electrons. The number of benzene rings is 1. The number of carbonyl (C=O) groups excluding carboxylic acids is 2. The van der Waals surface area contributed by atoms with Gasteiger partial charge >= 0.3 is 0 Å². The lowest BCUT2D eigenvalue weighted by Gasteiger charge is -2.41. The lowest BCUT2D eigenvalue weighted by molar-refractivity contribution is -0.136. The van der Waals surface area contributed by atoms with Gasteiger partial charge in [-0.3, -0.25) is 14.5 Å². The number of carbonyl (C=O) groups is 2. The Morgan fingerprint density at radius 3 is 2.62 bits per heavy atom. The van der Waals surface area contributed by atoms with Gasteiger partial charge < -0.3 is 14.7 Å². The number of aromatic nitrogens is 1. The fourth-order valence-electron chi connectivity index (χ4n) is 4.42. The Bertz CT molecular complexity index is 1000. The molecule has 0 bridgehead atoms. The molecule has 1 N–H and O–H groups in total. The van der Waals surface area contributed by atoms with E-state index < -0.39 is 17.5 Å². The Morgan fingerprint density at radius 1 is 1.22 bits per heavy atom. The Hall–Kier alpha value is -2.81. The molecule has 1 aliphatic carbocycles. The zero-order valence-corrected chi connectivity index (χ0v) is 18.5. The summed E-state index contributed by atoms with van der Waals surface area (Å²) in [6.07, 6.45) is 3.10. The average Bonchev–Trinajstić information content (AvgIpc) is 3.49. The van der Waals surface area contributed by atoms with E-state index >= 15 is 0 Å². The molecule has 0 spiro atoms. The van der Waals surface area contributed by atoms with Gasteiger partial charge in [0.1, 0.15) is 11.6 Å². The second-order valence-corrected chi connectivity index (χ2v) is 8.98. The largest absolute Gasteiger partial charge is 0.355 e. The van der Waals surface area contributed by atoms with Gasteiger partial charge in [0.25, 0.3) is 5.91 Å². The van der Waals surface area contributed by atoms with Gasteiger partial charge in [-0.2, -0.15) is 0 Å². The molecule has 4 rings (SSSR count). The van der Waals surface area contributed by atoms with Crippen LogP contribution in [0.25, 0.3) is 11.3 Å². The van der Waals surface area contributed by atoms with Gasteiger partial charge in [-0.1, -0.05) is 5.16 Å². The van der Waals surface area contributed by atoms with Crippen LogP contribution >= 0.6 is 0 Å². The zero-order chi connectivity index (χ0) is 23.0. The number of likely N-dealkylation sites (tertiary alicyclic amines) is 1. The molecule has 32 heavy (non-hydrogen) atoms. The van der Waals surface area contributed by atoms with Crippen LogP contribution < -0.4 is 5.32 Å². The third-order valence-electron chi connectivity index (χ3n) is 6.54. The number of halogens is 2. The van der Waals surface area contributed by atoms with Crippen LogP contribution in [0.3, 0.4) is 0 Å². The van der Waals surface area contributed by atoms with Gasteiger partial charge in [-0.15, -0.1) is 0 Å². The topological polar surface area (TPSA) is 78.7 Å².